The first-order valence-electron chi connectivity index (χ1n) is 4.99. The maximum absolute atomic E-state index is 11.3. The Labute approximate surface area is 95.3 Å². The van der Waals surface area contributed by atoms with E-state index in [1.165, 1.54) is 7.11 Å². The molecule has 1 rings (SSSR count). The zero-order chi connectivity index (χ0) is 12.1. The van der Waals surface area contributed by atoms with E-state index in [-0.39, 0.29) is 5.97 Å². The lowest BCUT2D eigenvalue weighted by atomic mass is 10.2. The van der Waals surface area contributed by atoms with Crippen molar-refractivity contribution >= 4 is 11.8 Å². The van der Waals surface area contributed by atoms with Crippen molar-refractivity contribution in [3.8, 4) is 0 Å². The van der Waals surface area contributed by atoms with Crippen LogP contribution in [0.1, 0.15) is 23.0 Å². The number of carbonyl (C=O) groups excluding carboxylic acids is 1. The monoisotopic (exact) mass is 220 g/mol. The number of pyridine rings is 1. The third kappa shape index (κ3) is 3.08. The Balaban J connectivity index is 2.82. The lowest BCUT2D eigenvalue weighted by molar-refractivity contribution is 0.0599. The zero-order valence-corrected chi connectivity index (χ0v) is 9.83. The van der Waals surface area contributed by atoms with Crippen LogP contribution in [-0.2, 0) is 4.74 Å². The maximum Gasteiger partial charge on any atom is 0.339 e. The number of anilines is 1. The molecule has 0 amide bonds. The lowest BCUT2D eigenvalue weighted by Gasteiger charge is -2.08. The van der Waals surface area contributed by atoms with Gasteiger partial charge in [-0.3, -0.25) is 0 Å². The van der Waals surface area contributed by atoms with Crippen LogP contribution in [0.2, 0.25) is 0 Å². The highest BCUT2D eigenvalue weighted by Gasteiger charge is 2.10. The van der Waals surface area contributed by atoms with Crippen molar-refractivity contribution in [2.75, 3.05) is 19.0 Å². The van der Waals surface area contributed by atoms with Gasteiger partial charge < -0.3 is 10.1 Å². The molecule has 0 bridgehead atoms. The SMILES string of the molecule is C=C(C)CNc1ccc(C(=O)OC)c(C)n1. The van der Waals surface area contributed by atoms with Crippen LogP contribution in [0.4, 0.5) is 5.82 Å². The van der Waals surface area contributed by atoms with Crippen molar-refractivity contribution in [3.05, 3.63) is 35.5 Å². The predicted molar refractivity (Wildman–Crippen MR) is 63.6 cm³/mol. The van der Waals surface area contributed by atoms with Crippen molar-refractivity contribution in [3.63, 3.8) is 0 Å². The number of rotatable bonds is 4. The molecular weight excluding hydrogens is 204 g/mol. The second-order valence-corrected chi connectivity index (χ2v) is 3.63. The summed E-state index contributed by atoms with van der Waals surface area (Å²) in [6.45, 7) is 8.17. The van der Waals surface area contributed by atoms with Gasteiger partial charge in [-0.15, -0.1) is 0 Å². The Morgan fingerprint density at radius 3 is 2.75 bits per heavy atom. The molecule has 0 aliphatic heterocycles. The van der Waals surface area contributed by atoms with E-state index in [0.29, 0.717) is 17.8 Å². The molecule has 4 nitrogen and oxygen atoms in total. The quantitative estimate of drug-likeness (QED) is 0.624. The Bertz CT molecular complexity index is 413. The number of aromatic nitrogens is 1. The number of hydrogen-bond acceptors (Lipinski definition) is 4. The van der Waals surface area contributed by atoms with Crippen LogP contribution in [0.3, 0.4) is 0 Å². The van der Waals surface area contributed by atoms with E-state index in [9.17, 15) is 4.79 Å². The number of methoxy groups -OCH3 is 1. The molecule has 1 N–H and O–H groups in total. The Kier molecular flexibility index (Phi) is 4.05. The molecule has 16 heavy (non-hydrogen) atoms. The molecule has 0 radical (unpaired) electrons. The van der Waals surface area contributed by atoms with Gasteiger partial charge in [0.2, 0.25) is 0 Å². The van der Waals surface area contributed by atoms with E-state index in [0.717, 1.165) is 11.4 Å². The molecule has 0 aliphatic rings. The van der Waals surface area contributed by atoms with Crippen molar-refractivity contribution in [2.24, 2.45) is 0 Å². The van der Waals surface area contributed by atoms with Gasteiger partial charge in [0.25, 0.3) is 0 Å². The highest BCUT2D eigenvalue weighted by Crippen LogP contribution is 2.11. The highest BCUT2D eigenvalue weighted by molar-refractivity contribution is 5.90. The summed E-state index contributed by atoms with van der Waals surface area (Å²) in [5.41, 5.74) is 2.17. The normalized spacial score (nSPS) is 9.69. The average molecular weight is 220 g/mol. The van der Waals surface area contributed by atoms with Crippen molar-refractivity contribution < 1.29 is 9.53 Å². The van der Waals surface area contributed by atoms with Crippen LogP contribution >= 0.6 is 0 Å². The van der Waals surface area contributed by atoms with E-state index in [4.69, 9.17) is 0 Å². The number of hydrogen-bond donors (Lipinski definition) is 1. The van der Waals surface area contributed by atoms with Gasteiger partial charge in [0.15, 0.2) is 0 Å². The van der Waals surface area contributed by atoms with Crippen LogP contribution in [0.15, 0.2) is 24.3 Å². The van der Waals surface area contributed by atoms with Crippen LogP contribution in [0, 0.1) is 6.92 Å². The van der Waals surface area contributed by atoms with E-state index in [1.807, 2.05) is 6.92 Å². The van der Waals surface area contributed by atoms with Gasteiger partial charge >= 0.3 is 5.97 Å². The summed E-state index contributed by atoms with van der Waals surface area (Å²) >= 11 is 0. The molecule has 0 atom stereocenters. The molecule has 86 valence electrons. The van der Waals surface area contributed by atoms with Crippen LogP contribution in [0.5, 0.6) is 0 Å². The van der Waals surface area contributed by atoms with E-state index >= 15 is 0 Å². The third-order valence-corrected chi connectivity index (χ3v) is 2.06. The average Bonchev–Trinajstić information content (AvgIpc) is 2.25. The second kappa shape index (κ2) is 5.30. The minimum Gasteiger partial charge on any atom is -0.465 e. The molecule has 0 saturated carbocycles. The largest absolute Gasteiger partial charge is 0.465 e. The summed E-state index contributed by atoms with van der Waals surface area (Å²) in [5.74, 6) is 0.365. The second-order valence-electron chi connectivity index (χ2n) is 3.63. The fraction of sp³-hybridized carbons (Fsp3) is 0.333. The number of esters is 1. The molecule has 1 aromatic heterocycles. The summed E-state index contributed by atoms with van der Waals surface area (Å²) in [6.07, 6.45) is 0. The third-order valence-electron chi connectivity index (χ3n) is 2.06. The molecule has 1 aromatic rings. The van der Waals surface area contributed by atoms with E-state index in [1.54, 1.807) is 19.1 Å². The first-order chi connectivity index (χ1) is 7.54. The minimum absolute atomic E-state index is 0.364. The molecule has 1 heterocycles. The zero-order valence-electron chi connectivity index (χ0n) is 9.83. The predicted octanol–water partition coefficient (Wildman–Crippen LogP) is 2.16. The van der Waals surface area contributed by atoms with Gasteiger partial charge in [0, 0.05) is 6.54 Å². The summed E-state index contributed by atoms with van der Waals surface area (Å²) in [5, 5.41) is 3.11. The van der Waals surface area contributed by atoms with Gasteiger partial charge in [0.05, 0.1) is 18.4 Å². The summed E-state index contributed by atoms with van der Waals surface area (Å²) in [6, 6.07) is 3.46. The van der Waals surface area contributed by atoms with Crippen LogP contribution < -0.4 is 5.32 Å². The molecule has 0 spiro atoms. The van der Waals surface area contributed by atoms with E-state index in [2.05, 4.69) is 21.6 Å². The van der Waals surface area contributed by atoms with Crippen molar-refractivity contribution in [1.82, 2.24) is 4.98 Å². The maximum atomic E-state index is 11.3. The topological polar surface area (TPSA) is 51.2 Å². The smallest absolute Gasteiger partial charge is 0.339 e. The first kappa shape index (κ1) is 12.2. The highest BCUT2D eigenvalue weighted by atomic mass is 16.5. The number of ether oxygens (including phenoxy) is 1. The van der Waals surface area contributed by atoms with Gasteiger partial charge in [-0.1, -0.05) is 12.2 Å². The standard InChI is InChI=1S/C12H16N2O2/c1-8(2)7-13-11-6-5-10(9(3)14-11)12(15)16-4/h5-6H,1,7H2,2-4H3,(H,13,14). The van der Waals surface area contributed by atoms with Gasteiger partial charge in [-0.25, -0.2) is 9.78 Å². The fourth-order valence-corrected chi connectivity index (χ4v) is 1.23. The number of carbonyl (C=O) groups is 1. The molecule has 0 saturated heterocycles. The Hall–Kier alpha value is -1.84. The molecule has 0 fully saturated rings. The van der Waals surface area contributed by atoms with Crippen LogP contribution in [0.25, 0.3) is 0 Å². The van der Waals surface area contributed by atoms with Crippen LogP contribution in [-0.4, -0.2) is 24.6 Å². The summed E-state index contributed by atoms with van der Waals surface area (Å²) in [7, 11) is 1.36. The first-order valence-corrected chi connectivity index (χ1v) is 4.99. The number of nitrogens with zero attached hydrogens (tertiary/aromatic N) is 1. The molecular formula is C12H16N2O2. The van der Waals surface area contributed by atoms with Gasteiger partial charge in [0.1, 0.15) is 5.82 Å². The molecule has 0 aliphatic carbocycles. The Morgan fingerprint density at radius 2 is 2.25 bits per heavy atom. The van der Waals surface area contributed by atoms with Gasteiger partial charge in [-0.2, -0.15) is 0 Å². The van der Waals surface area contributed by atoms with Crippen molar-refractivity contribution in [2.45, 2.75) is 13.8 Å². The number of nitrogens with one attached hydrogen (secondary N) is 1. The lowest BCUT2D eigenvalue weighted by Crippen LogP contribution is -2.08. The van der Waals surface area contributed by atoms with Crippen molar-refractivity contribution in [1.29, 1.82) is 0 Å². The van der Waals surface area contributed by atoms with Gasteiger partial charge in [-0.05, 0) is 26.0 Å². The Morgan fingerprint density at radius 1 is 1.56 bits per heavy atom. The number of aryl methyl sites for hydroxylation is 1. The molecule has 0 unspecified atom stereocenters. The van der Waals surface area contributed by atoms with E-state index < -0.39 is 0 Å². The summed E-state index contributed by atoms with van der Waals surface area (Å²) < 4.78 is 4.64. The molecule has 4 heteroatoms. The molecule has 0 aromatic carbocycles. The summed E-state index contributed by atoms with van der Waals surface area (Å²) in [4.78, 5) is 15.6. The fourth-order valence-electron chi connectivity index (χ4n) is 1.23. The minimum atomic E-state index is -0.364.